The summed E-state index contributed by atoms with van der Waals surface area (Å²) < 4.78 is 28.2. The monoisotopic (exact) mass is 252 g/mol. The maximum atomic E-state index is 13.2. The Hall–Kier alpha value is -1.79. The fourth-order valence-corrected chi connectivity index (χ4v) is 1.95. The van der Waals surface area contributed by atoms with Gasteiger partial charge in [0.15, 0.2) is 0 Å². The number of hydrazine groups is 1. The quantitative estimate of drug-likeness (QED) is 0.643. The van der Waals surface area contributed by atoms with Crippen molar-refractivity contribution in [3.8, 4) is 0 Å². The van der Waals surface area contributed by atoms with Gasteiger partial charge >= 0.3 is 0 Å². The zero-order valence-corrected chi connectivity index (χ0v) is 9.90. The van der Waals surface area contributed by atoms with Crippen LogP contribution in [0.2, 0.25) is 0 Å². The van der Waals surface area contributed by atoms with Gasteiger partial charge in [0.25, 0.3) is 0 Å². The SMILES string of the molecule is CCn1nccc1C(NN)c1cc(F)cc(F)c1. The maximum absolute atomic E-state index is 13.2. The molecule has 4 nitrogen and oxygen atoms in total. The van der Waals surface area contributed by atoms with Gasteiger partial charge in [-0.3, -0.25) is 10.5 Å². The lowest BCUT2D eigenvalue weighted by molar-refractivity contribution is 0.530. The summed E-state index contributed by atoms with van der Waals surface area (Å²) in [6.07, 6.45) is 1.62. The first-order chi connectivity index (χ1) is 8.65. The summed E-state index contributed by atoms with van der Waals surface area (Å²) in [4.78, 5) is 0. The van der Waals surface area contributed by atoms with Gasteiger partial charge in [0, 0.05) is 18.8 Å². The zero-order valence-electron chi connectivity index (χ0n) is 9.90. The molecule has 0 aliphatic carbocycles. The molecule has 1 aromatic carbocycles. The summed E-state index contributed by atoms with van der Waals surface area (Å²) in [6.45, 7) is 2.58. The van der Waals surface area contributed by atoms with Gasteiger partial charge in [0.1, 0.15) is 11.6 Å². The van der Waals surface area contributed by atoms with E-state index in [-0.39, 0.29) is 0 Å². The molecule has 18 heavy (non-hydrogen) atoms. The van der Waals surface area contributed by atoms with E-state index in [9.17, 15) is 8.78 Å². The van der Waals surface area contributed by atoms with Crippen LogP contribution in [0.4, 0.5) is 8.78 Å². The predicted octanol–water partition coefficient (Wildman–Crippen LogP) is 1.73. The van der Waals surface area contributed by atoms with E-state index < -0.39 is 17.7 Å². The van der Waals surface area contributed by atoms with E-state index in [1.165, 1.54) is 12.1 Å². The van der Waals surface area contributed by atoms with Crippen molar-refractivity contribution < 1.29 is 8.78 Å². The van der Waals surface area contributed by atoms with Gasteiger partial charge in [-0.1, -0.05) is 0 Å². The Balaban J connectivity index is 2.45. The molecule has 2 aromatic rings. The summed E-state index contributed by atoms with van der Waals surface area (Å²) in [5.41, 5.74) is 3.73. The number of benzene rings is 1. The first-order valence-corrected chi connectivity index (χ1v) is 5.59. The third-order valence-corrected chi connectivity index (χ3v) is 2.73. The van der Waals surface area contributed by atoms with E-state index in [0.717, 1.165) is 11.8 Å². The fourth-order valence-electron chi connectivity index (χ4n) is 1.95. The molecule has 0 bridgehead atoms. The second kappa shape index (κ2) is 5.24. The Morgan fingerprint density at radius 3 is 2.56 bits per heavy atom. The third kappa shape index (κ3) is 2.39. The summed E-state index contributed by atoms with van der Waals surface area (Å²) in [6, 6.07) is 4.59. The van der Waals surface area contributed by atoms with Crippen LogP contribution in [0.25, 0.3) is 0 Å². The molecule has 0 saturated heterocycles. The Labute approximate surface area is 103 Å². The van der Waals surface area contributed by atoms with Gasteiger partial charge in [0.05, 0.1) is 11.7 Å². The molecule has 1 aromatic heterocycles. The van der Waals surface area contributed by atoms with Crippen LogP contribution in [0.1, 0.15) is 24.2 Å². The van der Waals surface area contributed by atoms with Gasteiger partial charge in [0.2, 0.25) is 0 Å². The first-order valence-electron chi connectivity index (χ1n) is 5.59. The van der Waals surface area contributed by atoms with Crippen LogP contribution < -0.4 is 11.3 Å². The molecule has 0 amide bonds. The van der Waals surface area contributed by atoms with Crippen LogP contribution in [-0.4, -0.2) is 9.78 Å². The lowest BCUT2D eigenvalue weighted by Gasteiger charge is -2.17. The zero-order chi connectivity index (χ0) is 13.1. The van der Waals surface area contributed by atoms with Crippen LogP contribution in [0.15, 0.2) is 30.5 Å². The largest absolute Gasteiger partial charge is 0.271 e. The van der Waals surface area contributed by atoms with Crippen LogP contribution in [0.3, 0.4) is 0 Å². The lowest BCUT2D eigenvalue weighted by Crippen LogP contribution is -2.30. The molecule has 1 unspecified atom stereocenters. The summed E-state index contributed by atoms with van der Waals surface area (Å²) in [5.74, 6) is 4.22. The summed E-state index contributed by atoms with van der Waals surface area (Å²) in [7, 11) is 0. The van der Waals surface area contributed by atoms with E-state index >= 15 is 0 Å². The second-order valence-corrected chi connectivity index (χ2v) is 3.87. The van der Waals surface area contributed by atoms with E-state index in [4.69, 9.17) is 5.84 Å². The third-order valence-electron chi connectivity index (χ3n) is 2.73. The fraction of sp³-hybridized carbons (Fsp3) is 0.250. The molecule has 0 aliphatic heterocycles. The molecule has 0 radical (unpaired) electrons. The van der Waals surface area contributed by atoms with E-state index in [0.29, 0.717) is 12.1 Å². The number of nitrogens with two attached hydrogens (primary N) is 1. The molecule has 1 atom stereocenters. The highest BCUT2D eigenvalue weighted by molar-refractivity contribution is 5.28. The number of halogens is 2. The minimum Gasteiger partial charge on any atom is -0.271 e. The number of aromatic nitrogens is 2. The Bertz CT molecular complexity index is 518. The molecule has 96 valence electrons. The molecule has 0 spiro atoms. The van der Waals surface area contributed by atoms with Crippen molar-refractivity contribution in [2.24, 2.45) is 5.84 Å². The van der Waals surface area contributed by atoms with Crippen molar-refractivity contribution in [1.82, 2.24) is 15.2 Å². The standard InChI is InChI=1S/C12H14F2N4/c1-2-18-11(3-4-16-18)12(17-15)8-5-9(13)7-10(14)6-8/h3-7,12,17H,2,15H2,1H3. The smallest absolute Gasteiger partial charge is 0.126 e. The minimum absolute atomic E-state index is 0.421. The summed E-state index contributed by atoms with van der Waals surface area (Å²) >= 11 is 0. The molecule has 1 heterocycles. The number of hydrogen-bond acceptors (Lipinski definition) is 3. The number of nitrogens with one attached hydrogen (secondary N) is 1. The molecule has 3 N–H and O–H groups in total. The average molecular weight is 252 g/mol. The van der Waals surface area contributed by atoms with E-state index in [2.05, 4.69) is 10.5 Å². The predicted molar refractivity (Wildman–Crippen MR) is 63.4 cm³/mol. The number of nitrogens with zero attached hydrogens (tertiary/aromatic N) is 2. The van der Waals surface area contributed by atoms with Crippen LogP contribution in [0.5, 0.6) is 0 Å². The highest BCUT2D eigenvalue weighted by atomic mass is 19.1. The number of rotatable bonds is 4. The van der Waals surface area contributed by atoms with Crippen molar-refractivity contribution in [1.29, 1.82) is 0 Å². The highest BCUT2D eigenvalue weighted by Gasteiger charge is 2.18. The van der Waals surface area contributed by atoms with E-state index in [1.54, 1.807) is 16.9 Å². The van der Waals surface area contributed by atoms with Gasteiger partial charge < -0.3 is 0 Å². The Morgan fingerprint density at radius 1 is 1.33 bits per heavy atom. The molecule has 6 heteroatoms. The Kier molecular flexibility index (Phi) is 3.69. The first kappa shape index (κ1) is 12.7. The molecular weight excluding hydrogens is 238 g/mol. The van der Waals surface area contributed by atoms with Gasteiger partial charge in [-0.25, -0.2) is 14.2 Å². The molecule has 0 fully saturated rings. The Morgan fingerprint density at radius 2 is 2.00 bits per heavy atom. The average Bonchev–Trinajstić information content (AvgIpc) is 2.77. The molecule has 0 saturated carbocycles. The van der Waals surface area contributed by atoms with Gasteiger partial charge in [-0.05, 0) is 30.7 Å². The topological polar surface area (TPSA) is 55.9 Å². The maximum Gasteiger partial charge on any atom is 0.126 e. The summed E-state index contributed by atoms with van der Waals surface area (Å²) in [5, 5.41) is 4.11. The van der Waals surface area contributed by atoms with Crippen molar-refractivity contribution in [2.45, 2.75) is 19.5 Å². The van der Waals surface area contributed by atoms with Crippen LogP contribution in [-0.2, 0) is 6.54 Å². The number of hydrogen-bond donors (Lipinski definition) is 2. The normalized spacial score (nSPS) is 12.7. The molecular formula is C12H14F2N4. The molecule has 2 rings (SSSR count). The van der Waals surface area contributed by atoms with Crippen molar-refractivity contribution >= 4 is 0 Å². The van der Waals surface area contributed by atoms with Gasteiger partial charge in [-0.15, -0.1) is 0 Å². The van der Waals surface area contributed by atoms with Crippen molar-refractivity contribution in [3.05, 3.63) is 53.4 Å². The van der Waals surface area contributed by atoms with Crippen LogP contribution in [0, 0.1) is 11.6 Å². The second-order valence-electron chi connectivity index (χ2n) is 3.87. The van der Waals surface area contributed by atoms with Crippen molar-refractivity contribution in [2.75, 3.05) is 0 Å². The van der Waals surface area contributed by atoms with Crippen LogP contribution >= 0.6 is 0 Å². The van der Waals surface area contributed by atoms with E-state index in [1.807, 2.05) is 6.92 Å². The minimum atomic E-state index is -0.632. The number of aryl methyl sites for hydroxylation is 1. The molecule has 0 aliphatic rings. The van der Waals surface area contributed by atoms with Crippen molar-refractivity contribution in [3.63, 3.8) is 0 Å². The highest BCUT2D eigenvalue weighted by Crippen LogP contribution is 2.22. The van der Waals surface area contributed by atoms with Gasteiger partial charge in [-0.2, -0.15) is 5.10 Å². The lowest BCUT2D eigenvalue weighted by atomic mass is 10.0.